The first kappa shape index (κ1) is 24.0. The molecule has 0 saturated heterocycles. The molecule has 1 aromatic heterocycles. The summed E-state index contributed by atoms with van der Waals surface area (Å²) in [4.78, 5) is 6.71. The Labute approximate surface area is 204 Å². The monoisotopic (exact) mass is 480 g/mol. The first-order valence-corrected chi connectivity index (χ1v) is 11.8. The van der Waals surface area contributed by atoms with Crippen LogP contribution in [0.5, 0.6) is 0 Å². The van der Waals surface area contributed by atoms with E-state index in [1.54, 1.807) is 6.07 Å². The summed E-state index contributed by atoms with van der Waals surface area (Å²) in [6, 6.07) is 14.0. The number of halogens is 1. The van der Waals surface area contributed by atoms with Crippen molar-refractivity contribution in [3.8, 4) is 11.4 Å². The molecule has 2 heterocycles. The van der Waals surface area contributed by atoms with Crippen molar-refractivity contribution in [3.05, 3.63) is 77.1 Å². The molecule has 0 radical (unpaired) electrons. The molecule has 0 spiro atoms. The number of allylic oxidation sites excluding steroid dienone is 1. The Morgan fingerprint density at radius 1 is 1.18 bits per heavy atom. The summed E-state index contributed by atoms with van der Waals surface area (Å²) in [5.41, 5.74) is 4.41. The van der Waals surface area contributed by atoms with Gasteiger partial charge in [-0.1, -0.05) is 47.1 Å². The normalized spacial score (nSPS) is 16.4. The van der Waals surface area contributed by atoms with Gasteiger partial charge < -0.3 is 19.5 Å². The van der Waals surface area contributed by atoms with E-state index in [1.165, 1.54) is 12.1 Å². The van der Waals surface area contributed by atoms with Crippen molar-refractivity contribution in [2.45, 2.75) is 46.3 Å². The molecule has 3 aromatic rings. The van der Waals surface area contributed by atoms with Crippen LogP contribution in [0.3, 0.4) is 0 Å². The number of rotatable bonds is 8. The van der Waals surface area contributed by atoms with Gasteiger partial charge in [0.2, 0.25) is 5.82 Å². The molecule has 0 amide bonds. The molecular weight excluding hydrogens is 451 g/mol. The Kier molecular flexibility index (Phi) is 7.38. The highest BCUT2D eigenvalue weighted by molar-refractivity contribution is 7.80. The standard InChI is InChI=1S/C26H29FN4O2S/c1-16(2)32-14-6-13-31-18(4)22(23(28-26(31)34)20-7-5-8-21(27)15-20)25-29-24(30-33-25)19-11-9-17(3)10-12-19/h5,7-12,15-16,23H,6,13-14H2,1-4H3,(H,28,34). The number of hydrogen-bond acceptors (Lipinski definition) is 5. The molecular formula is C26H29FN4O2S. The zero-order valence-electron chi connectivity index (χ0n) is 19.8. The summed E-state index contributed by atoms with van der Waals surface area (Å²) >= 11 is 5.69. The van der Waals surface area contributed by atoms with Crippen LogP contribution < -0.4 is 5.32 Å². The van der Waals surface area contributed by atoms with Crippen molar-refractivity contribution >= 4 is 22.9 Å². The molecule has 0 bridgehead atoms. The van der Waals surface area contributed by atoms with Gasteiger partial charge in [0.05, 0.1) is 17.7 Å². The molecule has 1 aliphatic rings. The zero-order chi connectivity index (χ0) is 24.2. The smallest absolute Gasteiger partial charge is 0.258 e. The van der Waals surface area contributed by atoms with Crippen molar-refractivity contribution in [3.63, 3.8) is 0 Å². The van der Waals surface area contributed by atoms with E-state index in [-0.39, 0.29) is 11.9 Å². The zero-order valence-corrected chi connectivity index (χ0v) is 20.7. The number of thiocarbonyl (C=S) groups is 1. The van der Waals surface area contributed by atoms with Crippen LogP contribution in [0.4, 0.5) is 4.39 Å². The van der Waals surface area contributed by atoms with Crippen LogP contribution in [0.1, 0.15) is 50.3 Å². The van der Waals surface area contributed by atoms with E-state index in [4.69, 9.17) is 26.5 Å². The predicted molar refractivity (Wildman–Crippen MR) is 134 cm³/mol. The van der Waals surface area contributed by atoms with E-state index >= 15 is 0 Å². The van der Waals surface area contributed by atoms with E-state index in [0.29, 0.717) is 30.0 Å². The minimum Gasteiger partial charge on any atom is -0.379 e. The van der Waals surface area contributed by atoms with Crippen LogP contribution in [-0.2, 0) is 4.74 Å². The number of aromatic nitrogens is 2. The molecule has 4 rings (SSSR count). The fourth-order valence-electron chi connectivity index (χ4n) is 3.96. The highest BCUT2D eigenvalue weighted by Crippen LogP contribution is 2.37. The SMILES string of the molecule is CC1=C(c2nc(-c3ccc(C)cc3)no2)C(c2cccc(F)c2)NC(=S)N1CCCOC(C)C. The molecule has 1 unspecified atom stereocenters. The maximum atomic E-state index is 14.1. The molecule has 178 valence electrons. The molecule has 6 nitrogen and oxygen atoms in total. The molecule has 2 aromatic carbocycles. The first-order valence-electron chi connectivity index (χ1n) is 11.4. The Bertz CT molecular complexity index is 1190. The predicted octanol–water partition coefficient (Wildman–Crippen LogP) is 5.66. The Balaban J connectivity index is 1.71. The number of nitrogens with one attached hydrogen (secondary N) is 1. The molecule has 0 saturated carbocycles. The number of hydrogen-bond donors (Lipinski definition) is 1. The number of benzene rings is 2. The fraction of sp³-hybridized carbons (Fsp3) is 0.346. The lowest BCUT2D eigenvalue weighted by atomic mass is 9.94. The summed E-state index contributed by atoms with van der Waals surface area (Å²) in [5.74, 6) is 0.556. The molecule has 1 aliphatic heterocycles. The van der Waals surface area contributed by atoms with Crippen molar-refractivity contribution in [1.82, 2.24) is 20.4 Å². The third-order valence-corrected chi connectivity index (χ3v) is 6.06. The molecule has 0 fully saturated rings. The van der Waals surface area contributed by atoms with E-state index < -0.39 is 6.04 Å². The summed E-state index contributed by atoms with van der Waals surface area (Å²) < 4.78 is 25.5. The van der Waals surface area contributed by atoms with Crippen molar-refractivity contribution in [2.75, 3.05) is 13.2 Å². The number of nitrogens with zero attached hydrogens (tertiary/aromatic N) is 3. The molecule has 0 aliphatic carbocycles. The second-order valence-corrected chi connectivity index (χ2v) is 9.04. The van der Waals surface area contributed by atoms with Gasteiger partial charge in [-0.05, 0) is 64.0 Å². The lowest BCUT2D eigenvalue weighted by Gasteiger charge is -2.37. The largest absolute Gasteiger partial charge is 0.379 e. The number of ether oxygens (including phenoxy) is 1. The first-order chi connectivity index (χ1) is 16.3. The molecule has 34 heavy (non-hydrogen) atoms. The minimum atomic E-state index is -0.419. The van der Waals surface area contributed by atoms with Crippen LogP contribution in [0.2, 0.25) is 0 Å². The van der Waals surface area contributed by atoms with Gasteiger partial charge in [-0.15, -0.1) is 0 Å². The Hall–Kier alpha value is -3.10. The minimum absolute atomic E-state index is 0.176. The fourth-order valence-corrected chi connectivity index (χ4v) is 4.30. The second-order valence-electron chi connectivity index (χ2n) is 8.65. The third-order valence-electron chi connectivity index (χ3n) is 5.72. The number of aryl methyl sites for hydroxylation is 1. The van der Waals surface area contributed by atoms with Gasteiger partial charge in [-0.25, -0.2) is 4.39 Å². The average Bonchev–Trinajstić information content (AvgIpc) is 3.28. The van der Waals surface area contributed by atoms with E-state index in [1.807, 2.05) is 62.9 Å². The summed E-state index contributed by atoms with van der Waals surface area (Å²) in [6.45, 7) is 9.34. The van der Waals surface area contributed by atoms with Gasteiger partial charge in [-0.3, -0.25) is 0 Å². The summed E-state index contributed by atoms with van der Waals surface area (Å²) in [7, 11) is 0. The topological polar surface area (TPSA) is 63.4 Å². The Morgan fingerprint density at radius 2 is 1.94 bits per heavy atom. The van der Waals surface area contributed by atoms with Gasteiger partial charge in [0.25, 0.3) is 5.89 Å². The van der Waals surface area contributed by atoms with Crippen molar-refractivity contribution in [2.24, 2.45) is 0 Å². The second kappa shape index (κ2) is 10.4. The van der Waals surface area contributed by atoms with Crippen LogP contribution in [0.15, 0.2) is 58.8 Å². The van der Waals surface area contributed by atoms with E-state index in [2.05, 4.69) is 10.5 Å². The van der Waals surface area contributed by atoms with Crippen LogP contribution in [0, 0.1) is 12.7 Å². The summed E-state index contributed by atoms with van der Waals surface area (Å²) in [6.07, 6.45) is 0.975. The highest BCUT2D eigenvalue weighted by atomic mass is 32.1. The van der Waals surface area contributed by atoms with Gasteiger partial charge in [0, 0.05) is 24.4 Å². The molecule has 8 heteroatoms. The van der Waals surface area contributed by atoms with Crippen LogP contribution in [0.25, 0.3) is 17.0 Å². The summed E-state index contributed by atoms with van der Waals surface area (Å²) in [5, 5.41) is 8.14. The van der Waals surface area contributed by atoms with E-state index in [0.717, 1.165) is 34.4 Å². The third kappa shape index (κ3) is 5.34. The molecule has 1 atom stereocenters. The van der Waals surface area contributed by atoms with Gasteiger partial charge in [0.15, 0.2) is 5.11 Å². The average molecular weight is 481 g/mol. The molecule has 1 N–H and O–H groups in total. The maximum Gasteiger partial charge on any atom is 0.258 e. The van der Waals surface area contributed by atoms with Crippen molar-refractivity contribution in [1.29, 1.82) is 0 Å². The quantitative estimate of drug-likeness (QED) is 0.330. The van der Waals surface area contributed by atoms with Crippen LogP contribution >= 0.6 is 12.2 Å². The van der Waals surface area contributed by atoms with Gasteiger partial charge >= 0.3 is 0 Å². The lowest BCUT2D eigenvalue weighted by Crippen LogP contribution is -2.46. The maximum absolute atomic E-state index is 14.1. The van der Waals surface area contributed by atoms with Gasteiger partial charge in [0.1, 0.15) is 5.82 Å². The van der Waals surface area contributed by atoms with Crippen LogP contribution in [-0.4, -0.2) is 39.4 Å². The highest BCUT2D eigenvalue weighted by Gasteiger charge is 2.34. The van der Waals surface area contributed by atoms with E-state index in [9.17, 15) is 4.39 Å². The Morgan fingerprint density at radius 3 is 2.65 bits per heavy atom. The van der Waals surface area contributed by atoms with Crippen molar-refractivity contribution < 1.29 is 13.7 Å². The lowest BCUT2D eigenvalue weighted by molar-refractivity contribution is 0.0749. The van der Waals surface area contributed by atoms with Gasteiger partial charge in [-0.2, -0.15) is 4.98 Å².